The first-order valence-corrected chi connectivity index (χ1v) is 26.4. The molecule has 0 aliphatic carbocycles. The van der Waals surface area contributed by atoms with Gasteiger partial charge in [0.05, 0.1) is 16.6 Å². The third-order valence-corrected chi connectivity index (χ3v) is 15.2. The van der Waals surface area contributed by atoms with E-state index in [-0.39, 0.29) is 37.3 Å². The summed E-state index contributed by atoms with van der Waals surface area (Å²) in [6.07, 6.45) is 1.92. The van der Waals surface area contributed by atoms with E-state index >= 15 is 0 Å². The van der Waals surface area contributed by atoms with Crippen molar-refractivity contribution in [3.8, 4) is 34.1 Å². The van der Waals surface area contributed by atoms with Crippen molar-refractivity contribution in [1.82, 2.24) is 23.3 Å². The maximum Gasteiger partial charge on any atom is 2.00 e. The Morgan fingerprint density at radius 1 is 0.468 bits per heavy atom. The van der Waals surface area contributed by atoms with E-state index in [4.69, 9.17) is 9.72 Å². The molecule has 0 bridgehead atoms. The van der Waals surface area contributed by atoms with Crippen LogP contribution in [0.25, 0.3) is 77.0 Å². The summed E-state index contributed by atoms with van der Waals surface area (Å²) in [4.78, 5) is 5.01. The second-order valence-corrected chi connectivity index (χ2v) is 23.4. The SMILES string of the molecule is CC(C)(C)c1cc([N+]2=C=[N+](c3[c-]c(Oc4[c-]c5c(cc4)c4cc(-n6c7ccccc7c7ccccc76)ccc4n5-c4cc(C(C)(C)C)ccn4)ccc3)c3cccc(-c4cccc5ccccc45)c32)cc(C(C)(C)C)c1.[Pt+2]. The number of hydrogen-bond acceptors (Lipinski definition) is 2. The summed E-state index contributed by atoms with van der Waals surface area (Å²) in [5.74, 6) is 1.96. The molecule has 0 fully saturated rings. The first-order valence-electron chi connectivity index (χ1n) is 26.4. The van der Waals surface area contributed by atoms with Gasteiger partial charge in [0.1, 0.15) is 11.5 Å². The van der Waals surface area contributed by atoms with Gasteiger partial charge in [0, 0.05) is 57.9 Å². The Kier molecular flexibility index (Phi) is 12.0. The zero-order valence-electron chi connectivity index (χ0n) is 44.9. The van der Waals surface area contributed by atoms with Crippen LogP contribution in [0.4, 0.5) is 22.7 Å². The molecule has 6 nitrogen and oxygen atoms in total. The Morgan fingerprint density at radius 2 is 1.08 bits per heavy atom. The standard InChI is InChI=1S/C70H59N5O.Pt/c1-68(2,3)46-35-36-71-66(40-46)75-63-34-31-50(74-61-28-14-12-24-56(61)57-25-13-15-29-62(57)74)42-60(63)58-33-32-53(43-65(58)75)76-52-22-17-21-49(41-52)72-44-73(51-38-47(69(4,5)6)37-48(39-51)70(7,8)9)67-59(27-18-30-64(67)72)55-26-16-20-45-19-10-11-23-54(45)55;/h10-40,42H,1-9H3;/q;+2. The minimum absolute atomic E-state index is 0. The van der Waals surface area contributed by atoms with Gasteiger partial charge in [-0.15, -0.1) is 23.6 Å². The van der Waals surface area contributed by atoms with E-state index in [2.05, 4.69) is 269 Å². The van der Waals surface area contributed by atoms with Crippen LogP contribution in [0.2, 0.25) is 0 Å². The van der Waals surface area contributed by atoms with E-state index in [9.17, 15) is 0 Å². The molecule has 12 aromatic rings. The number of nitrogens with zero attached hydrogens (tertiary/aromatic N) is 5. The molecule has 1 aliphatic heterocycles. The van der Waals surface area contributed by atoms with Crippen LogP contribution < -0.4 is 13.9 Å². The van der Waals surface area contributed by atoms with Gasteiger partial charge in [-0.3, -0.25) is 0 Å². The van der Waals surface area contributed by atoms with E-state index in [0.717, 1.165) is 61.6 Å². The van der Waals surface area contributed by atoms with Crippen molar-refractivity contribution in [3.63, 3.8) is 0 Å². The summed E-state index contributed by atoms with van der Waals surface area (Å²) in [5, 5.41) is 7.01. The topological polar surface area (TPSA) is 38.0 Å². The molecular formula is C70H59N5OPt+2. The predicted molar refractivity (Wildman–Crippen MR) is 317 cm³/mol. The van der Waals surface area contributed by atoms with Gasteiger partial charge in [-0.1, -0.05) is 176 Å². The minimum Gasteiger partial charge on any atom is -0.509 e. The number of rotatable bonds is 7. The average Bonchev–Trinajstić information content (AvgIpc) is 4.32. The second-order valence-electron chi connectivity index (χ2n) is 23.4. The summed E-state index contributed by atoms with van der Waals surface area (Å²) in [7, 11) is 0. The summed E-state index contributed by atoms with van der Waals surface area (Å²) >= 11 is 0. The molecule has 0 radical (unpaired) electrons. The van der Waals surface area contributed by atoms with Gasteiger partial charge < -0.3 is 13.9 Å². The zero-order valence-corrected chi connectivity index (χ0v) is 47.2. The van der Waals surface area contributed by atoms with Crippen LogP contribution in [-0.2, 0) is 37.3 Å². The zero-order chi connectivity index (χ0) is 52.3. The number of para-hydroxylation sites is 3. The quantitative estimate of drug-likeness (QED) is 0.118. The number of hydrogen-bond donors (Lipinski definition) is 0. The van der Waals surface area contributed by atoms with Gasteiger partial charge in [-0.25, -0.2) is 4.98 Å². The minimum atomic E-state index is -0.0793. The average molecular weight is 1180 g/mol. The van der Waals surface area contributed by atoms with Crippen molar-refractivity contribution >= 4 is 83.1 Å². The molecule has 0 saturated heterocycles. The number of ether oxygens (including phenoxy) is 1. The molecule has 3 aromatic heterocycles. The maximum atomic E-state index is 6.86. The molecule has 1 aliphatic rings. The third kappa shape index (κ3) is 8.61. The van der Waals surface area contributed by atoms with Gasteiger partial charge in [0.2, 0.25) is 5.69 Å². The van der Waals surface area contributed by atoms with Crippen LogP contribution in [-0.4, -0.2) is 20.1 Å². The first kappa shape index (κ1) is 49.7. The van der Waals surface area contributed by atoms with Crippen molar-refractivity contribution < 1.29 is 25.8 Å². The van der Waals surface area contributed by atoms with Crippen LogP contribution >= 0.6 is 0 Å². The Labute approximate surface area is 465 Å². The monoisotopic (exact) mass is 1180 g/mol. The molecule has 0 atom stereocenters. The number of pyridine rings is 1. The molecule has 9 aromatic carbocycles. The Balaban J connectivity index is 0.00000596. The molecule has 0 N–H and O–H groups in total. The van der Waals surface area contributed by atoms with Gasteiger partial charge in [-0.2, -0.15) is 12.1 Å². The molecule has 0 unspecified atom stereocenters. The van der Waals surface area contributed by atoms with Gasteiger partial charge in [0.15, 0.2) is 0 Å². The van der Waals surface area contributed by atoms with Crippen molar-refractivity contribution in [2.45, 2.75) is 78.6 Å². The molecule has 0 saturated carbocycles. The number of fused-ring (bicyclic) bond motifs is 8. The number of benzene rings is 9. The Morgan fingerprint density at radius 3 is 1.79 bits per heavy atom. The largest absolute Gasteiger partial charge is 2.00 e. The van der Waals surface area contributed by atoms with Crippen LogP contribution in [0.5, 0.6) is 11.5 Å². The summed E-state index contributed by atoms with van der Waals surface area (Å²) in [6, 6.07) is 78.8. The van der Waals surface area contributed by atoms with Crippen LogP contribution in [0.15, 0.2) is 194 Å². The summed E-state index contributed by atoms with van der Waals surface area (Å²) in [6.45, 7) is 20.5. The van der Waals surface area contributed by atoms with Crippen molar-refractivity contribution in [1.29, 1.82) is 0 Å². The molecule has 77 heavy (non-hydrogen) atoms. The molecule has 378 valence electrons. The smallest absolute Gasteiger partial charge is 0.509 e. The van der Waals surface area contributed by atoms with Crippen LogP contribution in [0, 0.1) is 12.1 Å². The van der Waals surface area contributed by atoms with E-state index in [1.807, 2.05) is 24.4 Å². The number of aromatic nitrogens is 3. The van der Waals surface area contributed by atoms with Crippen molar-refractivity contribution in [2.24, 2.45) is 0 Å². The van der Waals surface area contributed by atoms with Gasteiger partial charge >= 0.3 is 32.8 Å². The molecular weight excluding hydrogens is 1120 g/mol. The van der Waals surface area contributed by atoms with Crippen molar-refractivity contribution in [2.75, 3.05) is 0 Å². The maximum absolute atomic E-state index is 6.86. The second kappa shape index (κ2) is 18.6. The van der Waals surface area contributed by atoms with Gasteiger partial charge in [-0.05, 0) is 108 Å². The van der Waals surface area contributed by atoms with E-state index in [1.165, 1.54) is 54.8 Å². The fraction of sp³-hybridized carbons (Fsp3) is 0.171. The first-order chi connectivity index (χ1) is 36.6. The van der Waals surface area contributed by atoms with E-state index in [1.54, 1.807) is 0 Å². The van der Waals surface area contributed by atoms with E-state index in [0.29, 0.717) is 11.5 Å². The molecule has 0 spiro atoms. The molecule has 0 amide bonds. The molecule has 13 rings (SSSR count). The fourth-order valence-corrected chi connectivity index (χ4v) is 11.1. The Bertz CT molecular complexity index is 4340. The van der Waals surface area contributed by atoms with Crippen molar-refractivity contribution in [3.05, 3.63) is 223 Å². The van der Waals surface area contributed by atoms with E-state index < -0.39 is 0 Å². The van der Waals surface area contributed by atoms with Gasteiger partial charge in [0.25, 0.3) is 5.69 Å². The van der Waals surface area contributed by atoms with Crippen LogP contribution in [0.1, 0.15) is 79.0 Å². The summed E-state index contributed by atoms with van der Waals surface area (Å²) < 4.78 is 15.9. The fourth-order valence-electron chi connectivity index (χ4n) is 11.1. The molecule has 7 heteroatoms. The normalized spacial score (nSPS) is 12.8. The molecule has 4 heterocycles. The third-order valence-electron chi connectivity index (χ3n) is 15.2. The summed E-state index contributed by atoms with van der Waals surface area (Å²) in [5.41, 5.74) is 15.1. The van der Waals surface area contributed by atoms with Crippen LogP contribution in [0.3, 0.4) is 0 Å². The Hall–Kier alpha value is -8.14. The predicted octanol–water partition coefficient (Wildman–Crippen LogP) is 18.2.